The number of hydrogen-bond acceptors (Lipinski definition) is 3. The summed E-state index contributed by atoms with van der Waals surface area (Å²) in [6.07, 6.45) is 0. The molecule has 4 nitrogen and oxygen atoms in total. The molecule has 0 aliphatic rings. The van der Waals surface area contributed by atoms with Crippen molar-refractivity contribution in [3.63, 3.8) is 0 Å². The van der Waals surface area contributed by atoms with Gasteiger partial charge in [0.05, 0.1) is 15.7 Å². The van der Waals surface area contributed by atoms with Crippen molar-refractivity contribution < 1.29 is 9.18 Å². The van der Waals surface area contributed by atoms with Crippen LogP contribution in [0.5, 0.6) is 0 Å². The number of nitrogens with zero attached hydrogens (tertiary/aromatic N) is 2. The van der Waals surface area contributed by atoms with Crippen molar-refractivity contribution in [2.24, 2.45) is 7.05 Å². The van der Waals surface area contributed by atoms with Crippen molar-refractivity contribution >= 4 is 55.1 Å². The van der Waals surface area contributed by atoms with Gasteiger partial charge in [0.15, 0.2) is 5.13 Å². The maximum atomic E-state index is 13.4. The number of anilines is 1. The molecule has 0 saturated heterocycles. The highest BCUT2D eigenvalue weighted by Gasteiger charge is 2.16. The number of nitrogens with one attached hydrogen (secondary N) is 1. The summed E-state index contributed by atoms with van der Waals surface area (Å²) in [6, 6.07) is 11.5. The molecule has 0 spiro atoms. The predicted molar refractivity (Wildman–Crippen MR) is 95.5 cm³/mol. The van der Waals surface area contributed by atoms with E-state index in [0.717, 1.165) is 15.6 Å². The summed E-state index contributed by atoms with van der Waals surface area (Å²) in [4.78, 5) is 16.9. The molecule has 1 N–H and O–H groups in total. The first-order chi connectivity index (χ1) is 11.5. The van der Waals surface area contributed by atoms with Gasteiger partial charge < -0.3 is 4.57 Å². The van der Waals surface area contributed by atoms with E-state index in [0.29, 0.717) is 21.4 Å². The van der Waals surface area contributed by atoms with Crippen molar-refractivity contribution in [2.45, 2.75) is 0 Å². The fourth-order valence-electron chi connectivity index (χ4n) is 2.63. The number of hydrogen-bond donors (Lipinski definition) is 1. The Kier molecular flexibility index (Phi) is 3.51. The van der Waals surface area contributed by atoms with Crippen LogP contribution in [0.15, 0.2) is 42.5 Å². The van der Waals surface area contributed by atoms with E-state index in [1.807, 2.05) is 12.1 Å². The van der Waals surface area contributed by atoms with E-state index in [-0.39, 0.29) is 11.7 Å². The van der Waals surface area contributed by atoms with Gasteiger partial charge in [-0.25, -0.2) is 9.37 Å². The maximum Gasteiger partial charge on any atom is 0.274 e. The molecule has 2 aromatic carbocycles. The Balaban J connectivity index is 1.69. The lowest BCUT2D eigenvalue weighted by Crippen LogP contribution is -2.15. The maximum absolute atomic E-state index is 13.4. The molecule has 0 unspecified atom stereocenters. The van der Waals surface area contributed by atoms with Gasteiger partial charge in [-0.2, -0.15) is 0 Å². The molecule has 0 aliphatic carbocycles. The van der Waals surface area contributed by atoms with E-state index in [1.165, 1.54) is 23.5 Å². The number of rotatable bonds is 2. The minimum atomic E-state index is -0.335. The number of fused-ring (bicyclic) bond motifs is 2. The molecule has 0 saturated carbocycles. The van der Waals surface area contributed by atoms with E-state index in [4.69, 9.17) is 11.6 Å². The zero-order valence-corrected chi connectivity index (χ0v) is 14.1. The monoisotopic (exact) mass is 359 g/mol. The zero-order chi connectivity index (χ0) is 16.8. The van der Waals surface area contributed by atoms with Crippen LogP contribution in [0.4, 0.5) is 9.52 Å². The molecule has 0 aliphatic heterocycles. The molecular formula is C17H11ClFN3OS. The van der Waals surface area contributed by atoms with Gasteiger partial charge in [-0.05, 0) is 42.5 Å². The molecule has 2 heterocycles. The van der Waals surface area contributed by atoms with E-state index in [1.54, 1.807) is 29.8 Å². The first kappa shape index (κ1) is 15.1. The highest BCUT2D eigenvalue weighted by molar-refractivity contribution is 7.22. The first-order valence-corrected chi connectivity index (χ1v) is 8.33. The van der Waals surface area contributed by atoms with Gasteiger partial charge >= 0.3 is 0 Å². The lowest BCUT2D eigenvalue weighted by Gasteiger charge is -2.03. The minimum absolute atomic E-state index is 0.292. The summed E-state index contributed by atoms with van der Waals surface area (Å²) in [5.41, 5.74) is 1.88. The topological polar surface area (TPSA) is 46.9 Å². The summed E-state index contributed by atoms with van der Waals surface area (Å²) >= 11 is 7.32. The number of thiazole rings is 1. The average Bonchev–Trinajstić information content (AvgIpc) is 3.08. The number of aromatic nitrogens is 2. The second-order valence-corrected chi connectivity index (χ2v) is 6.84. The highest BCUT2D eigenvalue weighted by Crippen LogP contribution is 2.29. The van der Waals surface area contributed by atoms with Crippen LogP contribution in [0.3, 0.4) is 0 Å². The Morgan fingerprint density at radius 3 is 2.92 bits per heavy atom. The third kappa shape index (κ3) is 2.53. The van der Waals surface area contributed by atoms with Crippen LogP contribution in [0.2, 0.25) is 5.02 Å². The van der Waals surface area contributed by atoms with Crippen molar-refractivity contribution in [3.05, 3.63) is 59.0 Å². The van der Waals surface area contributed by atoms with E-state index >= 15 is 0 Å². The van der Waals surface area contributed by atoms with Crippen LogP contribution in [0, 0.1) is 5.82 Å². The molecule has 4 rings (SSSR count). The number of aryl methyl sites for hydroxylation is 1. The largest absolute Gasteiger partial charge is 0.340 e. The molecule has 7 heteroatoms. The Morgan fingerprint density at radius 2 is 2.08 bits per heavy atom. The lowest BCUT2D eigenvalue weighted by molar-refractivity contribution is 0.102. The number of benzene rings is 2. The van der Waals surface area contributed by atoms with Crippen molar-refractivity contribution in [1.82, 2.24) is 9.55 Å². The van der Waals surface area contributed by atoms with Crippen molar-refractivity contribution in [3.8, 4) is 0 Å². The quantitative estimate of drug-likeness (QED) is 0.557. The van der Waals surface area contributed by atoms with Crippen molar-refractivity contribution in [2.75, 3.05) is 5.32 Å². The second kappa shape index (κ2) is 5.58. The average molecular weight is 360 g/mol. The van der Waals surface area contributed by atoms with Crippen molar-refractivity contribution in [1.29, 1.82) is 0 Å². The highest BCUT2D eigenvalue weighted by atomic mass is 35.5. The van der Waals surface area contributed by atoms with E-state index < -0.39 is 0 Å². The second-order valence-electron chi connectivity index (χ2n) is 5.38. The van der Waals surface area contributed by atoms with Gasteiger partial charge in [0.25, 0.3) is 5.91 Å². The van der Waals surface area contributed by atoms with E-state index in [9.17, 15) is 9.18 Å². The SMILES string of the molecule is Cn1c(C(=O)Nc2nc3ccc(Cl)cc3s2)cc2ccc(F)cc21. The molecule has 1 amide bonds. The molecule has 4 aromatic rings. The first-order valence-electron chi connectivity index (χ1n) is 7.14. The molecule has 24 heavy (non-hydrogen) atoms. The van der Waals surface area contributed by atoms with Crippen LogP contribution < -0.4 is 5.32 Å². The van der Waals surface area contributed by atoms with Crippen LogP contribution in [0.1, 0.15) is 10.5 Å². The third-order valence-corrected chi connectivity index (χ3v) is 4.98. The van der Waals surface area contributed by atoms with Gasteiger partial charge in [-0.1, -0.05) is 22.9 Å². The van der Waals surface area contributed by atoms with Gasteiger partial charge in [-0.3, -0.25) is 10.1 Å². The van der Waals surface area contributed by atoms with Gasteiger partial charge in [0.2, 0.25) is 0 Å². The van der Waals surface area contributed by atoms with Gasteiger partial charge in [0, 0.05) is 17.5 Å². The lowest BCUT2D eigenvalue weighted by atomic mass is 10.2. The Labute approximate surface area is 145 Å². The summed E-state index contributed by atoms with van der Waals surface area (Å²) < 4.78 is 16.0. The van der Waals surface area contributed by atoms with Crippen LogP contribution in [-0.2, 0) is 7.05 Å². The summed E-state index contributed by atoms with van der Waals surface area (Å²) in [5, 5.41) is 4.72. The smallest absolute Gasteiger partial charge is 0.274 e. The van der Waals surface area contributed by atoms with Crippen LogP contribution in [0.25, 0.3) is 21.1 Å². The number of amides is 1. The predicted octanol–water partition coefficient (Wildman–Crippen LogP) is 4.83. The zero-order valence-electron chi connectivity index (χ0n) is 12.5. The molecular weight excluding hydrogens is 349 g/mol. The Hall–Kier alpha value is -2.44. The van der Waals surface area contributed by atoms with Crippen LogP contribution >= 0.6 is 22.9 Å². The molecule has 0 radical (unpaired) electrons. The number of carbonyl (C=O) groups excluding carboxylic acids is 1. The summed E-state index contributed by atoms with van der Waals surface area (Å²) in [5.74, 6) is -0.627. The number of carbonyl (C=O) groups is 1. The minimum Gasteiger partial charge on any atom is -0.340 e. The third-order valence-electron chi connectivity index (χ3n) is 3.81. The number of halogens is 2. The molecule has 120 valence electrons. The molecule has 0 fully saturated rings. The Bertz CT molecular complexity index is 1100. The fraction of sp³-hybridized carbons (Fsp3) is 0.0588. The van der Waals surface area contributed by atoms with Gasteiger partial charge in [-0.15, -0.1) is 0 Å². The normalized spacial score (nSPS) is 11.3. The molecule has 0 bridgehead atoms. The van der Waals surface area contributed by atoms with Crippen LogP contribution in [-0.4, -0.2) is 15.5 Å². The Morgan fingerprint density at radius 1 is 1.25 bits per heavy atom. The summed E-state index contributed by atoms with van der Waals surface area (Å²) in [6.45, 7) is 0. The summed E-state index contributed by atoms with van der Waals surface area (Å²) in [7, 11) is 1.73. The molecule has 0 atom stereocenters. The molecule has 2 aromatic heterocycles. The van der Waals surface area contributed by atoms with E-state index in [2.05, 4.69) is 10.3 Å². The standard InChI is InChI=1S/C17H11ClFN3OS/c1-22-13-8-11(19)4-2-9(13)6-14(22)16(23)21-17-20-12-5-3-10(18)7-15(12)24-17/h2-8H,1H3,(H,20,21,23). The van der Waals surface area contributed by atoms with Gasteiger partial charge in [0.1, 0.15) is 11.5 Å². The fourth-order valence-corrected chi connectivity index (χ4v) is 3.77.